The summed E-state index contributed by atoms with van der Waals surface area (Å²) < 4.78 is 11.9. The zero-order valence-corrected chi connectivity index (χ0v) is 20.0. The number of ketones is 1. The smallest absolute Gasteiger partial charge is 0.294 e. The Hall–Kier alpha value is -3.84. The zero-order valence-electron chi connectivity index (χ0n) is 18.4. The minimum Gasteiger partial charge on any atom is -0.503 e. The number of aliphatic hydroxyl groups excluding tert-OH is 1. The maximum Gasteiger partial charge on any atom is 0.294 e. The first kappa shape index (κ1) is 22.0. The summed E-state index contributed by atoms with van der Waals surface area (Å²) in [6.45, 7) is 1.88. The molecule has 0 saturated heterocycles. The lowest BCUT2D eigenvalue weighted by Crippen LogP contribution is -2.31. The van der Waals surface area contributed by atoms with Crippen LogP contribution in [0, 0.1) is 6.92 Å². The third-order valence-corrected chi connectivity index (χ3v) is 6.45. The minimum atomic E-state index is -0.841. The Morgan fingerprint density at radius 2 is 1.79 bits per heavy atom. The van der Waals surface area contributed by atoms with Crippen LogP contribution in [0.25, 0.3) is 11.0 Å². The van der Waals surface area contributed by atoms with Crippen molar-refractivity contribution < 1.29 is 23.8 Å². The van der Waals surface area contributed by atoms with Gasteiger partial charge in [0.05, 0.1) is 18.7 Å². The molecule has 0 saturated carbocycles. The second kappa shape index (κ2) is 8.50. The van der Waals surface area contributed by atoms with Crippen molar-refractivity contribution in [1.82, 2.24) is 0 Å². The van der Waals surface area contributed by atoms with Crippen LogP contribution in [0.2, 0.25) is 0 Å². The van der Waals surface area contributed by atoms with E-state index in [0.717, 1.165) is 15.4 Å². The third kappa shape index (κ3) is 3.58. The Morgan fingerprint density at radius 1 is 1.06 bits per heavy atom. The second-order valence-corrected chi connectivity index (χ2v) is 8.94. The zero-order chi connectivity index (χ0) is 24.0. The Kier molecular flexibility index (Phi) is 5.49. The van der Waals surface area contributed by atoms with Crippen molar-refractivity contribution in [2.24, 2.45) is 0 Å². The number of aryl methyl sites for hydroxylation is 1. The van der Waals surface area contributed by atoms with Gasteiger partial charge in [-0.3, -0.25) is 14.5 Å². The summed E-state index contributed by atoms with van der Waals surface area (Å²) in [4.78, 5) is 28.5. The van der Waals surface area contributed by atoms with Crippen LogP contribution in [0.3, 0.4) is 0 Å². The van der Waals surface area contributed by atoms with Gasteiger partial charge in [-0.15, -0.1) is 0 Å². The molecule has 34 heavy (non-hydrogen) atoms. The van der Waals surface area contributed by atoms with E-state index in [2.05, 4.69) is 15.9 Å². The predicted octanol–water partition coefficient (Wildman–Crippen LogP) is 6.30. The number of aliphatic hydroxyl groups is 1. The number of nitrogens with zero attached hydrogens (tertiary/aromatic N) is 1. The fourth-order valence-electron chi connectivity index (χ4n) is 4.28. The summed E-state index contributed by atoms with van der Waals surface area (Å²) in [5.74, 6) is -1.09. The number of hydrogen-bond acceptors (Lipinski definition) is 5. The Labute approximate surface area is 204 Å². The SMILES string of the molecule is COc1ccc(C2C(C(=O)c3cc4cc(Br)ccc4o3)=C(O)C(=O)N2c2ccccc2C)cc1. The van der Waals surface area contributed by atoms with Gasteiger partial charge in [0.1, 0.15) is 11.3 Å². The lowest BCUT2D eigenvalue weighted by Gasteiger charge is -2.28. The molecular formula is C27H20BrNO5. The van der Waals surface area contributed by atoms with Crippen molar-refractivity contribution in [2.45, 2.75) is 13.0 Å². The molecule has 1 aliphatic heterocycles. The van der Waals surface area contributed by atoms with Crippen LogP contribution in [0.1, 0.15) is 27.7 Å². The molecule has 6 nitrogen and oxygen atoms in total. The molecule has 1 amide bonds. The van der Waals surface area contributed by atoms with Crippen LogP contribution in [0.5, 0.6) is 5.75 Å². The van der Waals surface area contributed by atoms with Gasteiger partial charge in [-0.05, 0) is 60.5 Å². The fraction of sp³-hybridized carbons (Fsp3) is 0.111. The first-order valence-corrected chi connectivity index (χ1v) is 11.4. The summed E-state index contributed by atoms with van der Waals surface area (Å²) in [5.41, 5.74) is 2.61. The van der Waals surface area contributed by atoms with Gasteiger partial charge in [-0.1, -0.05) is 46.3 Å². The summed E-state index contributed by atoms with van der Waals surface area (Å²) in [5, 5.41) is 11.7. The van der Waals surface area contributed by atoms with Crippen LogP contribution in [-0.4, -0.2) is 23.9 Å². The number of carbonyl (C=O) groups is 2. The van der Waals surface area contributed by atoms with Gasteiger partial charge in [0.25, 0.3) is 5.91 Å². The van der Waals surface area contributed by atoms with Gasteiger partial charge in [0.15, 0.2) is 11.5 Å². The van der Waals surface area contributed by atoms with E-state index in [0.29, 0.717) is 22.6 Å². The molecule has 1 N–H and O–H groups in total. The molecule has 1 atom stereocenters. The number of Topliss-reactive ketones (excluding diaryl/α,β-unsaturated/α-hetero) is 1. The Morgan fingerprint density at radius 3 is 2.50 bits per heavy atom. The van der Waals surface area contributed by atoms with E-state index in [1.165, 1.54) is 4.90 Å². The number of methoxy groups -OCH3 is 1. The molecule has 5 rings (SSSR count). The highest BCUT2D eigenvalue weighted by Gasteiger charge is 2.45. The normalized spacial score (nSPS) is 15.9. The van der Waals surface area contributed by atoms with Crippen molar-refractivity contribution >= 4 is 44.3 Å². The minimum absolute atomic E-state index is 0.0310. The molecule has 1 unspecified atom stereocenters. The van der Waals surface area contributed by atoms with Crippen LogP contribution >= 0.6 is 15.9 Å². The fourth-order valence-corrected chi connectivity index (χ4v) is 4.66. The highest BCUT2D eigenvalue weighted by molar-refractivity contribution is 9.10. The summed E-state index contributed by atoms with van der Waals surface area (Å²) in [7, 11) is 1.56. The number of carbonyl (C=O) groups excluding carboxylic acids is 2. The number of ether oxygens (including phenoxy) is 1. The maximum absolute atomic E-state index is 13.7. The predicted molar refractivity (Wildman–Crippen MR) is 132 cm³/mol. The van der Waals surface area contributed by atoms with E-state index in [9.17, 15) is 14.7 Å². The Balaban J connectivity index is 1.67. The molecule has 3 aromatic carbocycles. The molecule has 0 aliphatic carbocycles. The van der Waals surface area contributed by atoms with Crippen LogP contribution in [-0.2, 0) is 4.79 Å². The van der Waals surface area contributed by atoms with Crippen LogP contribution in [0.15, 0.2) is 93.0 Å². The number of benzene rings is 3. The number of amides is 1. The number of hydrogen-bond donors (Lipinski definition) is 1. The first-order valence-electron chi connectivity index (χ1n) is 10.6. The molecule has 0 radical (unpaired) electrons. The molecule has 2 heterocycles. The van der Waals surface area contributed by atoms with Gasteiger partial charge in [0.2, 0.25) is 5.78 Å². The molecule has 0 bridgehead atoms. The molecule has 1 aliphatic rings. The van der Waals surface area contributed by atoms with Gasteiger partial charge in [0, 0.05) is 15.5 Å². The van der Waals surface area contributed by atoms with Crippen molar-refractivity contribution in [2.75, 3.05) is 12.0 Å². The lowest BCUT2D eigenvalue weighted by atomic mass is 9.94. The molecule has 170 valence electrons. The van der Waals surface area contributed by atoms with Crippen LogP contribution < -0.4 is 9.64 Å². The first-order chi connectivity index (χ1) is 16.4. The van der Waals surface area contributed by atoms with E-state index in [1.807, 2.05) is 37.3 Å². The number of para-hydroxylation sites is 1. The summed E-state index contributed by atoms with van der Waals surface area (Å²) in [6.07, 6.45) is 0. The topological polar surface area (TPSA) is 80.0 Å². The van der Waals surface area contributed by atoms with E-state index in [1.54, 1.807) is 49.6 Å². The van der Waals surface area contributed by atoms with Gasteiger partial charge in [-0.2, -0.15) is 0 Å². The molecule has 4 aromatic rings. The average molecular weight is 518 g/mol. The molecular weight excluding hydrogens is 498 g/mol. The standard InChI is InChI=1S/C27H20BrNO5/c1-15-5-3-4-6-20(15)29-24(16-7-10-19(33-2)11-8-16)23(26(31)27(29)32)25(30)22-14-17-13-18(28)9-12-21(17)34-22/h3-14,24,31H,1-2H3. The molecule has 0 spiro atoms. The number of halogens is 1. The van der Waals surface area contributed by atoms with Crippen molar-refractivity contribution in [3.8, 4) is 5.75 Å². The summed E-state index contributed by atoms with van der Waals surface area (Å²) >= 11 is 3.42. The van der Waals surface area contributed by atoms with Crippen molar-refractivity contribution in [1.29, 1.82) is 0 Å². The molecule has 1 aromatic heterocycles. The van der Waals surface area contributed by atoms with Crippen molar-refractivity contribution in [3.05, 3.63) is 105 Å². The number of anilines is 1. The lowest BCUT2D eigenvalue weighted by molar-refractivity contribution is -0.117. The largest absolute Gasteiger partial charge is 0.503 e. The third-order valence-electron chi connectivity index (χ3n) is 5.96. The quantitative estimate of drug-likeness (QED) is 0.314. The van der Waals surface area contributed by atoms with Crippen molar-refractivity contribution in [3.63, 3.8) is 0 Å². The average Bonchev–Trinajstić information content (AvgIpc) is 3.38. The van der Waals surface area contributed by atoms with E-state index in [4.69, 9.17) is 9.15 Å². The molecule has 0 fully saturated rings. The van der Waals surface area contributed by atoms with E-state index in [-0.39, 0.29) is 11.3 Å². The van der Waals surface area contributed by atoms with Gasteiger partial charge in [-0.25, -0.2) is 0 Å². The number of fused-ring (bicyclic) bond motifs is 1. The van der Waals surface area contributed by atoms with E-state index < -0.39 is 23.5 Å². The number of rotatable bonds is 5. The molecule has 7 heteroatoms. The summed E-state index contributed by atoms with van der Waals surface area (Å²) in [6, 6.07) is 20.6. The highest BCUT2D eigenvalue weighted by atomic mass is 79.9. The Bertz CT molecular complexity index is 1470. The van der Waals surface area contributed by atoms with Gasteiger partial charge >= 0.3 is 0 Å². The van der Waals surface area contributed by atoms with Crippen LogP contribution in [0.4, 0.5) is 5.69 Å². The number of furan rings is 1. The van der Waals surface area contributed by atoms with Gasteiger partial charge < -0.3 is 14.3 Å². The van der Waals surface area contributed by atoms with E-state index >= 15 is 0 Å². The second-order valence-electron chi connectivity index (χ2n) is 8.02. The maximum atomic E-state index is 13.7. The highest BCUT2D eigenvalue weighted by Crippen LogP contribution is 2.43. The monoisotopic (exact) mass is 517 g/mol.